The van der Waals surface area contributed by atoms with Gasteiger partial charge in [0.15, 0.2) is 0 Å². The molecule has 2 unspecified atom stereocenters. The van der Waals surface area contributed by atoms with Crippen LogP contribution in [0.5, 0.6) is 0 Å². The summed E-state index contributed by atoms with van der Waals surface area (Å²) in [5.41, 5.74) is 2.86. The minimum atomic E-state index is -0.527. The van der Waals surface area contributed by atoms with E-state index in [1.54, 1.807) is 13.1 Å². The molecule has 0 amide bonds. The topological polar surface area (TPSA) is 65.4 Å². The second kappa shape index (κ2) is 3.62. The number of nitrogens with one attached hydrogen (secondary N) is 1. The number of hydrogen-bond acceptors (Lipinski definition) is 3. The van der Waals surface area contributed by atoms with Crippen LogP contribution in [0.4, 0.5) is 5.82 Å². The third kappa shape index (κ3) is 1.61. The fraction of sp³-hybridized carbons (Fsp3) is 0.455. The molecule has 2 rings (SSSR count). The van der Waals surface area contributed by atoms with Crippen molar-refractivity contribution in [3.8, 4) is 0 Å². The zero-order chi connectivity index (χ0) is 11.0. The summed E-state index contributed by atoms with van der Waals surface area (Å²) in [6, 6.07) is 0. The highest BCUT2D eigenvalue weighted by atomic mass is 16.3. The number of fused-ring (bicyclic) bond motifs is 1. The molecule has 1 aliphatic rings. The van der Waals surface area contributed by atoms with Crippen molar-refractivity contribution in [3.63, 3.8) is 0 Å². The van der Waals surface area contributed by atoms with Gasteiger partial charge in [0, 0.05) is 17.5 Å². The largest absolute Gasteiger partial charge is 0.387 e. The van der Waals surface area contributed by atoms with Crippen LogP contribution in [0.3, 0.4) is 0 Å². The standard InChI is InChI=1S/C11H14N2O2/c1-6-9-3-8(5-14)4-12-11(9)13-10(6)7(2)15/h4-5,7-8,13,15H,3H2,1-2H3. The van der Waals surface area contributed by atoms with Crippen molar-refractivity contribution in [2.45, 2.75) is 26.4 Å². The number of aliphatic hydroxyl groups is 1. The summed E-state index contributed by atoms with van der Waals surface area (Å²) in [5, 5.41) is 9.52. The summed E-state index contributed by atoms with van der Waals surface area (Å²) in [7, 11) is 0. The van der Waals surface area contributed by atoms with Gasteiger partial charge in [-0.1, -0.05) is 0 Å². The predicted octanol–water partition coefficient (Wildman–Crippen LogP) is 1.45. The van der Waals surface area contributed by atoms with Crippen molar-refractivity contribution >= 4 is 18.3 Å². The molecule has 2 atom stereocenters. The number of carbonyl (C=O) groups is 1. The fourth-order valence-corrected chi connectivity index (χ4v) is 1.96. The van der Waals surface area contributed by atoms with Gasteiger partial charge >= 0.3 is 0 Å². The maximum atomic E-state index is 10.7. The lowest BCUT2D eigenvalue weighted by molar-refractivity contribution is -0.109. The molecule has 4 nitrogen and oxygen atoms in total. The SMILES string of the molecule is Cc1c(C(C)O)[nH]c2c1CC(C=O)C=N2. The first-order valence-electron chi connectivity index (χ1n) is 5.02. The van der Waals surface area contributed by atoms with Gasteiger partial charge in [0.1, 0.15) is 12.1 Å². The Balaban J connectivity index is 2.44. The summed E-state index contributed by atoms with van der Waals surface area (Å²) in [6.45, 7) is 3.66. The van der Waals surface area contributed by atoms with Crippen molar-refractivity contribution in [3.05, 3.63) is 16.8 Å². The minimum Gasteiger partial charge on any atom is -0.387 e. The highest BCUT2D eigenvalue weighted by Gasteiger charge is 2.22. The fourth-order valence-electron chi connectivity index (χ4n) is 1.96. The molecule has 0 radical (unpaired) electrons. The molecule has 2 N–H and O–H groups in total. The lowest BCUT2D eigenvalue weighted by atomic mass is 9.97. The molecule has 2 heterocycles. The van der Waals surface area contributed by atoms with Gasteiger partial charge in [-0.2, -0.15) is 0 Å². The molecule has 1 aromatic rings. The van der Waals surface area contributed by atoms with Crippen molar-refractivity contribution in [1.82, 2.24) is 4.98 Å². The Morgan fingerprint density at radius 1 is 1.73 bits per heavy atom. The molecule has 4 heteroatoms. The van der Waals surface area contributed by atoms with Crippen LogP contribution in [0.15, 0.2) is 4.99 Å². The van der Waals surface area contributed by atoms with Gasteiger partial charge in [0.25, 0.3) is 0 Å². The van der Waals surface area contributed by atoms with Crippen molar-refractivity contribution in [1.29, 1.82) is 0 Å². The number of aromatic nitrogens is 1. The summed E-state index contributed by atoms with van der Waals surface area (Å²) in [5.74, 6) is 0.648. The van der Waals surface area contributed by atoms with Crippen molar-refractivity contribution in [2.24, 2.45) is 10.9 Å². The molecule has 0 saturated carbocycles. The summed E-state index contributed by atoms with van der Waals surface area (Å²) >= 11 is 0. The number of aliphatic hydroxyl groups excluding tert-OH is 1. The van der Waals surface area contributed by atoms with E-state index < -0.39 is 6.10 Å². The number of nitrogens with zero attached hydrogens (tertiary/aromatic N) is 1. The number of rotatable bonds is 2. The third-order valence-electron chi connectivity index (χ3n) is 2.82. The zero-order valence-electron chi connectivity index (χ0n) is 8.82. The average molecular weight is 206 g/mol. The van der Waals surface area contributed by atoms with E-state index >= 15 is 0 Å². The number of aliphatic imine (C=N–C) groups is 1. The molecule has 80 valence electrons. The van der Waals surface area contributed by atoms with Gasteiger partial charge in [0.2, 0.25) is 0 Å². The Kier molecular flexibility index (Phi) is 2.44. The number of hydrogen-bond donors (Lipinski definition) is 2. The lowest BCUT2D eigenvalue weighted by Gasteiger charge is -2.10. The molecular weight excluding hydrogens is 192 g/mol. The van der Waals surface area contributed by atoms with Crippen LogP contribution in [0, 0.1) is 12.8 Å². The van der Waals surface area contributed by atoms with Crippen LogP contribution in [-0.2, 0) is 11.2 Å². The van der Waals surface area contributed by atoms with Gasteiger partial charge in [-0.15, -0.1) is 0 Å². The lowest BCUT2D eigenvalue weighted by Crippen LogP contribution is -2.11. The van der Waals surface area contributed by atoms with Gasteiger partial charge < -0.3 is 14.9 Å². The molecule has 1 aromatic heterocycles. The quantitative estimate of drug-likeness (QED) is 0.719. The number of aldehydes is 1. The van der Waals surface area contributed by atoms with Crippen LogP contribution in [-0.4, -0.2) is 22.6 Å². The second-order valence-corrected chi connectivity index (χ2v) is 3.95. The highest BCUT2D eigenvalue weighted by molar-refractivity contribution is 5.85. The summed E-state index contributed by atoms with van der Waals surface area (Å²) in [6.07, 6.45) is 2.70. The summed E-state index contributed by atoms with van der Waals surface area (Å²) in [4.78, 5) is 17.9. The van der Waals surface area contributed by atoms with E-state index in [4.69, 9.17) is 0 Å². The third-order valence-corrected chi connectivity index (χ3v) is 2.82. The Morgan fingerprint density at radius 3 is 3.07 bits per heavy atom. The Labute approximate surface area is 88.0 Å². The molecule has 0 spiro atoms. The first kappa shape index (κ1) is 10.1. The maximum Gasteiger partial charge on any atom is 0.133 e. The van der Waals surface area contributed by atoms with Crippen LogP contribution >= 0.6 is 0 Å². The van der Waals surface area contributed by atoms with Gasteiger partial charge in [-0.25, -0.2) is 4.99 Å². The molecule has 15 heavy (non-hydrogen) atoms. The smallest absolute Gasteiger partial charge is 0.133 e. The van der Waals surface area contributed by atoms with E-state index in [0.717, 1.165) is 28.9 Å². The molecule has 1 aliphatic heterocycles. The predicted molar refractivity (Wildman–Crippen MR) is 57.6 cm³/mol. The van der Waals surface area contributed by atoms with E-state index in [1.807, 2.05) is 6.92 Å². The maximum absolute atomic E-state index is 10.7. The Bertz CT molecular complexity index is 418. The van der Waals surface area contributed by atoms with E-state index in [1.165, 1.54) is 0 Å². The van der Waals surface area contributed by atoms with Crippen LogP contribution in [0.25, 0.3) is 0 Å². The molecule has 0 aromatic carbocycles. The number of H-pyrrole nitrogens is 1. The Hall–Kier alpha value is -1.42. The van der Waals surface area contributed by atoms with E-state index in [-0.39, 0.29) is 5.92 Å². The van der Waals surface area contributed by atoms with E-state index in [2.05, 4.69) is 9.98 Å². The van der Waals surface area contributed by atoms with Crippen molar-refractivity contribution < 1.29 is 9.90 Å². The Morgan fingerprint density at radius 2 is 2.47 bits per heavy atom. The summed E-state index contributed by atoms with van der Waals surface area (Å²) < 4.78 is 0. The van der Waals surface area contributed by atoms with E-state index in [0.29, 0.717) is 6.42 Å². The number of carbonyl (C=O) groups excluding carboxylic acids is 1. The zero-order valence-corrected chi connectivity index (χ0v) is 8.82. The van der Waals surface area contributed by atoms with Crippen LogP contribution < -0.4 is 0 Å². The average Bonchev–Trinajstić information content (AvgIpc) is 2.56. The molecule has 0 bridgehead atoms. The number of aromatic amines is 1. The van der Waals surface area contributed by atoms with E-state index in [9.17, 15) is 9.90 Å². The molecular formula is C11H14N2O2. The minimum absolute atomic E-state index is 0.131. The van der Waals surface area contributed by atoms with Crippen molar-refractivity contribution in [2.75, 3.05) is 0 Å². The first-order chi connectivity index (χ1) is 7.13. The van der Waals surface area contributed by atoms with Gasteiger partial charge in [-0.3, -0.25) is 0 Å². The highest BCUT2D eigenvalue weighted by Crippen LogP contribution is 2.32. The normalized spacial score (nSPS) is 21.1. The van der Waals surface area contributed by atoms with Crippen LogP contribution in [0.1, 0.15) is 29.8 Å². The molecule has 0 saturated heterocycles. The monoisotopic (exact) mass is 206 g/mol. The van der Waals surface area contributed by atoms with Gasteiger partial charge in [0.05, 0.1) is 12.0 Å². The van der Waals surface area contributed by atoms with Gasteiger partial charge in [-0.05, 0) is 25.8 Å². The molecule has 0 fully saturated rings. The molecule has 0 aliphatic carbocycles. The second-order valence-electron chi connectivity index (χ2n) is 3.95. The first-order valence-corrected chi connectivity index (χ1v) is 5.02. The van der Waals surface area contributed by atoms with Crippen LogP contribution in [0.2, 0.25) is 0 Å².